The number of benzene rings is 1. The van der Waals surface area contributed by atoms with Gasteiger partial charge in [0.1, 0.15) is 22.2 Å². The Hall–Kier alpha value is -2.76. The van der Waals surface area contributed by atoms with Gasteiger partial charge >= 0.3 is 0 Å². The van der Waals surface area contributed by atoms with Gasteiger partial charge in [0, 0.05) is 11.8 Å². The molecule has 6 heteroatoms. The summed E-state index contributed by atoms with van der Waals surface area (Å²) in [6.45, 7) is 0. The molecule has 0 aliphatic carbocycles. The molecule has 18 heavy (non-hydrogen) atoms. The highest BCUT2D eigenvalue weighted by atomic mass is 15.3. The molecule has 4 rings (SSSR count). The van der Waals surface area contributed by atoms with Crippen molar-refractivity contribution in [2.75, 3.05) is 0 Å². The first kappa shape index (κ1) is 9.29. The van der Waals surface area contributed by atoms with Gasteiger partial charge in [0.15, 0.2) is 0 Å². The van der Waals surface area contributed by atoms with Gasteiger partial charge in [-0.2, -0.15) is 20.5 Å². The monoisotopic (exact) mass is 236 g/mol. The van der Waals surface area contributed by atoms with Crippen molar-refractivity contribution in [2.24, 2.45) is 0 Å². The quantitative estimate of drug-likeness (QED) is 0.528. The second-order valence-electron chi connectivity index (χ2n) is 3.97. The minimum atomic E-state index is 0.796. The topological polar surface area (TPSA) is 83.1 Å². The number of nitrogens with zero attached hydrogens (tertiary/aromatic N) is 4. The van der Waals surface area contributed by atoms with Crippen molar-refractivity contribution < 1.29 is 0 Å². The molecule has 0 unspecified atom stereocenters. The maximum absolute atomic E-state index is 4.36. The number of aromatic amines is 2. The van der Waals surface area contributed by atoms with Gasteiger partial charge < -0.3 is 0 Å². The Morgan fingerprint density at radius 3 is 2.89 bits per heavy atom. The second kappa shape index (κ2) is 3.36. The smallest absolute Gasteiger partial charge is 0.122 e. The van der Waals surface area contributed by atoms with Crippen LogP contribution in [0.25, 0.3) is 33.3 Å². The van der Waals surface area contributed by atoms with E-state index in [1.807, 2.05) is 30.3 Å². The Bertz CT molecular complexity index is 844. The van der Waals surface area contributed by atoms with Gasteiger partial charge in [0.2, 0.25) is 0 Å². The highest BCUT2D eigenvalue weighted by Gasteiger charge is 2.13. The third-order valence-corrected chi connectivity index (χ3v) is 2.92. The fraction of sp³-hybridized carbons (Fsp3) is 0. The van der Waals surface area contributed by atoms with Gasteiger partial charge in [-0.05, 0) is 18.2 Å². The number of rotatable bonds is 1. The Labute approximate surface area is 101 Å². The summed E-state index contributed by atoms with van der Waals surface area (Å²) in [6.07, 6.45) is 1.75. The van der Waals surface area contributed by atoms with E-state index in [1.54, 1.807) is 6.20 Å². The average molecular weight is 236 g/mol. The zero-order valence-corrected chi connectivity index (χ0v) is 9.25. The van der Waals surface area contributed by atoms with E-state index in [9.17, 15) is 0 Å². The second-order valence-corrected chi connectivity index (χ2v) is 3.97. The Kier molecular flexibility index (Phi) is 1.74. The van der Waals surface area contributed by atoms with E-state index in [0.29, 0.717) is 0 Å². The SMILES string of the molecule is c1cc(-c2n[nH]c3cccnc23)c2n[nH]nc2c1. The molecular formula is C12H8N6. The molecule has 3 aromatic heterocycles. The minimum Gasteiger partial charge on any atom is -0.276 e. The number of hydrogen-bond donors (Lipinski definition) is 2. The van der Waals surface area contributed by atoms with E-state index >= 15 is 0 Å². The van der Waals surface area contributed by atoms with Gasteiger partial charge in [-0.1, -0.05) is 12.1 Å². The lowest BCUT2D eigenvalue weighted by Gasteiger charge is -1.97. The van der Waals surface area contributed by atoms with Crippen LogP contribution in [0.2, 0.25) is 0 Å². The number of fused-ring (bicyclic) bond motifs is 2. The predicted octanol–water partition coefficient (Wildman–Crippen LogP) is 1.90. The van der Waals surface area contributed by atoms with Crippen molar-refractivity contribution >= 4 is 22.1 Å². The molecule has 0 amide bonds. The molecule has 0 radical (unpaired) electrons. The summed E-state index contributed by atoms with van der Waals surface area (Å²) in [4.78, 5) is 4.36. The first-order chi connectivity index (χ1) is 8.93. The van der Waals surface area contributed by atoms with Crippen LogP contribution in [-0.4, -0.2) is 30.6 Å². The van der Waals surface area contributed by atoms with Crippen LogP contribution in [-0.2, 0) is 0 Å². The van der Waals surface area contributed by atoms with Gasteiger partial charge in [-0.15, -0.1) is 0 Å². The normalized spacial score (nSPS) is 11.3. The maximum atomic E-state index is 4.36. The highest BCUT2D eigenvalue weighted by molar-refractivity contribution is 5.98. The van der Waals surface area contributed by atoms with Crippen molar-refractivity contribution in [3.8, 4) is 11.3 Å². The van der Waals surface area contributed by atoms with E-state index < -0.39 is 0 Å². The molecule has 1 aromatic carbocycles. The number of hydrogen-bond acceptors (Lipinski definition) is 4. The molecule has 2 N–H and O–H groups in total. The third-order valence-electron chi connectivity index (χ3n) is 2.92. The molecule has 0 aliphatic rings. The zero-order valence-electron chi connectivity index (χ0n) is 9.25. The van der Waals surface area contributed by atoms with Gasteiger partial charge in [-0.25, -0.2) is 0 Å². The van der Waals surface area contributed by atoms with Crippen LogP contribution in [0.5, 0.6) is 0 Å². The fourth-order valence-electron chi connectivity index (χ4n) is 2.10. The molecule has 0 aliphatic heterocycles. The number of aromatic nitrogens is 6. The molecule has 0 bridgehead atoms. The molecule has 6 nitrogen and oxygen atoms in total. The lowest BCUT2D eigenvalue weighted by Crippen LogP contribution is -1.83. The van der Waals surface area contributed by atoms with Crippen molar-refractivity contribution in [1.82, 2.24) is 30.6 Å². The molecule has 0 fully saturated rings. The Morgan fingerprint density at radius 2 is 1.89 bits per heavy atom. The van der Waals surface area contributed by atoms with E-state index in [2.05, 4.69) is 30.6 Å². The third kappa shape index (κ3) is 1.17. The molecule has 0 saturated carbocycles. The summed E-state index contributed by atoms with van der Waals surface area (Å²) >= 11 is 0. The summed E-state index contributed by atoms with van der Waals surface area (Å²) in [7, 11) is 0. The van der Waals surface area contributed by atoms with Crippen molar-refractivity contribution in [3.05, 3.63) is 36.5 Å². The van der Waals surface area contributed by atoms with Crippen molar-refractivity contribution in [1.29, 1.82) is 0 Å². The van der Waals surface area contributed by atoms with Gasteiger partial charge in [0.05, 0.1) is 5.52 Å². The van der Waals surface area contributed by atoms with Gasteiger partial charge in [-0.3, -0.25) is 10.1 Å². The van der Waals surface area contributed by atoms with Gasteiger partial charge in [0.25, 0.3) is 0 Å². The molecular weight excluding hydrogens is 228 g/mol. The summed E-state index contributed by atoms with van der Waals surface area (Å²) in [5.74, 6) is 0. The first-order valence-corrected chi connectivity index (χ1v) is 5.52. The maximum Gasteiger partial charge on any atom is 0.122 e. The zero-order chi connectivity index (χ0) is 11.9. The minimum absolute atomic E-state index is 0.796. The summed E-state index contributed by atoms with van der Waals surface area (Å²) in [5, 5.41) is 18.2. The molecule has 0 saturated heterocycles. The predicted molar refractivity (Wildman–Crippen MR) is 66.8 cm³/mol. The van der Waals surface area contributed by atoms with Crippen molar-refractivity contribution in [2.45, 2.75) is 0 Å². The molecule has 0 spiro atoms. The summed E-state index contributed by atoms with van der Waals surface area (Å²) in [6, 6.07) is 9.63. The van der Waals surface area contributed by atoms with Crippen molar-refractivity contribution in [3.63, 3.8) is 0 Å². The van der Waals surface area contributed by atoms with Crippen LogP contribution < -0.4 is 0 Å². The lowest BCUT2D eigenvalue weighted by molar-refractivity contribution is 0.959. The summed E-state index contributed by atoms with van der Waals surface area (Å²) in [5.41, 5.74) is 5.09. The first-order valence-electron chi connectivity index (χ1n) is 5.52. The largest absolute Gasteiger partial charge is 0.276 e. The van der Waals surface area contributed by atoms with Crippen LogP contribution in [0.15, 0.2) is 36.5 Å². The molecule has 3 heterocycles. The van der Waals surface area contributed by atoms with Crippen LogP contribution >= 0.6 is 0 Å². The number of H-pyrrole nitrogens is 2. The van der Waals surface area contributed by atoms with Crippen LogP contribution in [0.1, 0.15) is 0 Å². The lowest BCUT2D eigenvalue weighted by atomic mass is 10.1. The molecule has 4 aromatic rings. The Balaban J connectivity index is 2.10. The van der Waals surface area contributed by atoms with Crippen LogP contribution in [0.3, 0.4) is 0 Å². The summed E-state index contributed by atoms with van der Waals surface area (Å²) < 4.78 is 0. The van der Waals surface area contributed by atoms with Crippen LogP contribution in [0.4, 0.5) is 0 Å². The fourth-order valence-corrected chi connectivity index (χ4v) is 2.10. The number of nitrogens with one attached hydrogen (secondary N) is 2. The molecule has 86 valence electrons. The number of pyridine rings is 1. The average Bonchev–Trinajstić information content (AvgIpc) is 3.05. The van der Waals surface area contributed by atoms with E-state index in [0.717, 1.165) is 33.3 Å². The van der Waals surface area contributed by atoms with E-state index in [1.165, 1.54) is 0 Å². The van der Waals surface area contributed by atoms with E-state index in [4.69, 9.17) is 0 Å². The Morgan fingerprint density at radius 1 is 0.889 bits per heavy atom. The molecule has 0 atom stereocenters. The standard InChI is InChI=1S/C12H8N6/c1-3-7(10-8(4-1)15-18-17-10)11-12-9(14-16-11)5-2-6-13-12/h1-6H,(H,14,16)(H,15,17,18). The van der Waals surface area contributed by atoms with E-state index in [-0.39, 0.29) is 0 Å². The number of para-hydroxylation sites is 1. The highest BCUT2D eigenvalue weighted by Crippen LogP contribution is 2.28. The van der Waals surface area contributed by atoms with Crippen LogP contribution in [0, 0.1) is 0 Å².